The minimum atomic E-state index is -0.676. The van der Waals surface area contributed by atoms with Crippen LogP contribution in [0, 0.1) is 11.6 Å². The van der Waals surface area contributed by atoms with Gasteiger partial charge in [-0.2, -0.15) is 0 Å². The van der Waals surface area contributed by atoms with Crippen LogP contribution in [0.3, 0.4) is 0 Å². The first-order valence-corrected chi connectivity index (χ1v) is 5.44. The van der Waals surface area contributed by atoms with Crippen LogP contribution in [0.2, 0.25) is 0 Å². The Morgan fingerprint density at radius 2 is 1.94 bits per heavy atom. The van der Waals surface area contributed by atoms with E-state index in [0.29, 0.717) is 6.54 Å². The largest absolute Gasteiger partial charge is 0.337 e. The number of likely N-dealkylation sites (N-methyl/N-ethyl adjacent to an activating group) is 1. The topological polar surface area (TPSA) is 46.3 Å². The molecule has 0 radical (unpaired) electrons. The van der Waals surface area contributed by atoms with Gasteiger partial charge in [-0.05, 0) is 26.0 Å². The van der Waals surface area contributed by atoms with E-state index in [4.69, 9.17) is 5.73 Å². The summed E-state index contributed by atoms with van der Waals surface area (Å²) in [5.41, 5.74) is 5.36. The second-order valence-corrected chi connectivity index (χ2v) is 3.84. The quantitative estimate of drug-likeness (QED) is 0.872. The van der Waals surface area contributed by atoms with Crippen molar-refractivity contribution in [3.05, 3.63) is 35.4 Å². The molecule has 1 atom stereocenters. The van der Waals surface area contributed by atoms with E-state index in [1.165, 1.54) is 23.1 Å². The van der Waals surface area contributed by atoms with Crippen LogP contribution in [0.25, 0.3) is 0 Å². The number of hydrogen-bond acceptors (Lipinski definition) is 2. The van der Waals surface area contributed by atoms with Gasteiger partial charge < -0.3 is 10.6 Å². The molecule has 0 spiro atoms. The van der Waals surface area contributed by atoms with Crippen molar-refractivity contribution in [2.24, 2.45) is 5.73 Å². The molecule has 17 heavy (non-hydrogen) atoms. The highest BCUT2D eigenvalue weighted by atomic mass is 19.1. The Morgan fingerprint density at radius 3 is 2.35 bits per heavy atom. The Kier molecular flexibility index (Phi) is 4.57. The number of amides is 1. The average Bonchev–Trinajstić information content (AvgIpc) is 2.28. The van der Waals surface area contributed by atoms with E-state index < -0.39 is 17.7 Å². The molecule has 1 aromatic carbocycles. The van der Waals surface area contributed by atoms with Crippen molar-refractivity contribution in [2.75, 3.05) is 6.54 Å². The SMILES string of the molecule is CCN(Cc1c(F)cccc1F)C(=O)[C@H](C)N. The maximum Gasteiger partial charge on any atom is 0.239 e. The van der Waals surface area contributed by atoms with Crippen LogP contribution < -0.4 is 5.73 Å². The van der Waals surface area contributed by atoms with Crippen LogP contribution in [0.1, 0.15) is 19.4 Å². The molecule has 5 heteroatoms. The maximum atomic E-state index is 13.4. The molecule has 1 rings (SSSR count). The summed E-state index contributed by atoms with van der Waals surface area (Å²) in [5, 5.41) is 0. The Hall–Kier alpha value is -1.49. The highest BCUT2D eigenvalue weighted by Gasteiger charge is 2.19. The van der Waals surface area contributed by atoms with Gasteiger partial charge in [0.1, 0.15) is 11.6 Å². The summed E-state index contributed by atoms with van der Waals surface area (Å²) in [6, 6.07) is 2.95. The van der Waals surface area contributed by atoms with Gasteiger partial charge in [-0.25, -0.2) is 8.78 Å². The summed E-state index contributed by atoms with van der Waals surface area (Å²) >= 11 is 0. The Bertz CT molecular complexity index is 387. The third-order valence-corrected chi connectivity index (χ3v) is 2.49. The molecule has 0 aliphatic heterocycles. The molecule has 0 unspecified atom stereocenters. The summed E-state index contributed by atoms with van der Waals surface area (Å²) in [5.74, 6) is -1.63. The van der Waals surface area contributed by atoms with Crippen molar-refractivity contribution in [3.8, 4) is 0 Å². The number of carbonyl (C=O) groups is 1. The lowest BCUT2D eigenvalue weighted by molar-refractivity contribution is -0.132. The third-order valence-electron chi connectivity index (χ3n) is 2.49. The lowest BCUT2D eigenvalue weighted by Crippen LogP contribution is -2.41. The molecule has 0 heterocycles. The first-order valence-electron chi connectivity index (χ1n) is 5.44. The second kappa shape index (κ2) is 5.72. The molecule has 0 saturated carbocycles. The highest BCUT2D eigenvalue weighted by molar-refractivity contribution is 5.81. The van der Waals surface area contributed by atoms with Gasteiger partial charge >= 0.3 is 0 Å². The van der Waals surface area contributed by atoms with E-state index >= 15 is 0 Å². The Labute approximate surface area is 99.2 Å². The normalized spacial score (nSPS) is 12.3. The molecule has 1 amide bonds. The average molecular weight is 242 g/mol. The molecule has 2 N–H and O–H groups in total. The van der Waals surface area contributed by atoms with Crippen LogP contribution in [-0.4, -0.2) is 23.4 Å². The van der Waals surface area contributed by atoms with Crippen molar-refractivity contribution in [1.82, 2.24) is 4.90 Å². The molecular formula is C12H16F2N2O. The lowest BCUT2D eigenvalue weighted by Gasteiger charge is -2.23. The lowest BCUT2D eigenvalue weighted by atomic mass is 10.1. The summed E-state index contributed by atoms with van der Waals surface area (Å²) in [6.07, 6.45) is 0. The van der Waals surface area contributed by atoms with Gasteiger partial charge in [-0.3, -0.25) is 4.79 Å². The highest BCUT2D eigenvalue weighted by Crippen LogP contribution is 2.14. The molecule has 0 aliphatic rings. The minimum Gasteiger partial charge on any atom is -0.337 e. The number of nitrogens with zero attached hydrogens (tertiary/aromatic N) is 1. The zero-order valence-electron chi connectivity index (χ0n) is 9.91. The molecule has 1 aromatic rings. The van der Waals surface area contributed by atoms with E-state index in [2.05, 4.69) is 0 Å². The summed E-state index contributed by atoms with van der Waals surface area (Å²) in [7, 11) is 0. The van der Waals surface area contributed by atoms with Crippen molar-refractivity contribution in [2.45, 2.75) is 26.4 Å². The second-order valence-electron chi connectivity index (χ2n) is 3.84. The zero-order chi connectivity index (χ0) is 13.0. The number of carbonyl (C=O) groups excluding carboxylic acids is 1. The molecule has 0 fully saturated rings. The fourth-order valence-electron chi connectivity index (χ4n) is 1.51. The van der Waals surface area contributed by atoms with Gasteiger partial charge in [0.25, 0.3) is 0 Å². The molecular weight excluding hydrogens is 226 g/mol. The predicted molar refractivity (Wildman–Crippen MR) is 61.1 cm³/mol. The number of nitrogens with two attached hydrogens (primary N) is 1. The predicted octanol–water partition coefficient (Wildman–Crippen LogP) is 1.66. The van der Waals surface area contributed by atoms with Crippen LogP contribution in [0.15, 0.2) is 18.2 Å². The van der Waals surface area contributed by atoms with Crippen LogP contribution >= 0.6 is 0 Å². The minimum absolute atomic E-state index is 0.102. The van der Waals surface area contributed by atoms with Crippen molar-refractivity contribution < 1.29 is 13.6 Å². The first-order chi connectivity index (χ1) is 7.97. The zero-order valence-corrected chi connectivity index (χ0v) is 9.91. The van der Waals surface area contributed by atoms with Crippen LogP contribution in [-0.2, 0) is 11.3 Å². The summed E-state index contributed by atoms with van der Waals surface area (Å²) in [6.45, 7) is 3.53. The van der Waals surface area contributed by atoms with Gasteiger partial charge in [0.15, 0.2) is 0 Å². The van der Waals surface area contributed by atoms with E-state index in [9.17, 15) is 13.6 Å². The molecule has 0 aromatic heterocycles. The number of rotatable bonds is 4. The molecule has 0 saturated heterocycles. The van der Waals surface area contributed by atoms with Gasteiger partial charge in [0.2, 0.25) is 5.91 Å². The van der Waals surface area contributed by atoms with Gasteiger partial charge in [-0.15, -0.1) is 0 Å². The number of hydrogen-bond donors (Lipinski definition) is 1. The van der Waals surface area contributed by atoms with Gasteiger partial charge in [0, 0.05) is 12.1 Å². The fourth-order valence-corrected chi connectivity index (χ4v) is 1.51. The smallest absolute Gasteiger partial charge is 0.239 e. The fraction of sp³-hybridized carbons (Fsp3) is 0.417. The standard InChI is InChI=1S/C12H16F2N2O/c1-3-16(12(17)8(2)15)7-9-10(13)5-4-6-11(9)14/h4-6,8H,3,7,15H2,1-2H3/t8-/m0/s1. The van der Waals surface area contributed by atoms with Crippen LogP contribution in [0.5, 0.6) is 0 Å². The van der Waals surface area contributed by atoms with Gasteiger partial charge in [0.05, 0.1) is 12.6 Å². The van der Waals surface area contributed by atoms with Crippen LogP contribution in [0.4, 0.5) is 8.78 Å². The molecule has 0 bridgehead atoms. The summed E-state index contributed by atoms with van der Waals surface area (Å²) < 4.78 is 26.8. The van der Waals surface area contributed by atoms with E-state index in [-0.39, 0.29) is 18.0 Å². The van der Waals surface area contributed by atoms with Crippen molar-refractivity contribution in [1.29, 1.82) is 0 Å². The third kappa shape index (κ3) is 3.23. The molecule has 94 valence electrons. The van der Waals surface area contributed by atoms with Crippen molar-refractivity contribution in [3.63, 3.8) is 0 Å². The Morgan fingerprint density at radius 1 is 1.41 bits per heavy atom. The van der Waals surface area contributed by atoms with Crippen molar-refractivity contribution >= 4 is 5.91 Å². The van der Waals surface area contributed by atoms with Gasteiger partial charge in [-0.1, -0.05) is 6.07 Å². The molecule has 3 nitrogen and oxygen atoms in total. The number of benzene rings is 1. The molecule has 0 aliphatic carbocycles. The first kappa shape index (κ1) is 13.6. The summed E-state index contributed by atoms with van der Waals surface area (Å²) in [4.78, 5) is 13.0. The Balaban J connectivity index is 2.92. The van der Waals surface area contributed by atoms with E-state index in [1.807, 2.05) is 0 Å². The maximum absolute atomic E-state index is 13.4. The van der Waals surface area contributed by atoms with E-state index in [1.54, 1.807) is 13.8 Å². The van der Waals surface area contributed by atoms with E-state index in [0.717, 1.165) is 0 Å². The monoisotopic (exact) mass is 242 g/mol. The number of halogens is 2.